The molecule has 32 heavy (non-hydrogen) atoms. The van der Waals surface area contributed by atoms with E-state index in [9.17, 15) is 4.79 Å². The van der Waals surface area contributed by atoms with Crippen molar-refractivity contribution >= 4 is 17.1 Å². The molecule has 6 rings (SSSR count). The fourth-order valence-electron chi connectivity index (χ4n) is 4.61. The Bertz CT molecular complexity index is 1110. The third kappa shape index (κ3) is 3.81. The number of carbonyl (C=O) groups excluding carboxylic acids is 1. The summed E-state index contributed by atoms with van der Waals surface area (Å²) in [5.41, 5.74) is 4.57. The van der Waals surface area contributed by atoms with E-state index in [-0.39, 0.29) is 0 Å². The molecule has 166 valence electrons. The van der Waals surface area contributed by atoms with Gasteiger partial charge in [0, 0.05) is 69.1 Å². The second kappa shape index (κ2) is 8.13. The number of benzene rings is 1. The molecule has 3 aromatic rings. The van der Waals surface area contributed by atoms with Crippen LogP contribution in [0.1, 0.15) is 12.8 Å². The largest absolute Gasteiger partial charge is 0.493 e. The van der Waals surface area contributed by atoms with Crippen LogP contribution in [-0.4, -0.2) is 66.3 Å². The Kier molecular flexibility index (Phi) is 4.98. The van der Waals surface area contributed by atoms with Crippen LogP contribution in [0.25, 0.3) is 16.6 Å². The third-order valence-electron chi connectivity index (χ3n) is 6.88. The number of hydrogen-bond donors (Lipinski definition) is 1. The molecule has 1 N–H and O–H groups in total. The van der Waals surface area contributed by atoms with Gasteiger partial charge in [-0.05, 0) is 42.7 Å². The van der Waals surface area contributed by atoms with Crippen LogP contribution >= 0.6 is 0 Å². The molecule has 2 saturated heterocycles. The van der Waals surface area contributed by atoms with E-state index in [1.807, 2.05) is 27.7 Å². The molecular formula is C25H29N5O2. The zero-order chi connectivity index (χ0) is 21.5. The lowest BCUT2D eigenvalue weighted by atomic mass is 10.1. The van der Waals surface area contributed by atoms with Crippen molar-refractivity contribution in [1.82, 2.24) is 19.8 Å². The van der Waals surface area contributed by atoms with Crippen molar-refractivity contribution in [2.45, 2.75) is 12.8 Å². The van der Waals surface area contributed by atoms with Gasteiger partial charge in [-0.3, -0.25) is 4.79 Å². The molecule has 3 aliphatic rings. The predicted molar refractivity (Wildman–Crippen MR) is 124 cm³/mol. The maximum absolute atomic E-state index is 12.4. The summed E-state index contributed by atoms with van der Waals surface area (Å²) in [7, 11) is 0. The number of amides is 1. The summed E-state index contributed by atoms with van der Waals surface area (Å²) < 4.78 is 7.87. The van der Waals surface area contributed by atoms with E-state index in [0.717, 1.165) is 81.1 Å². The molecule has 0 spiro atoms. The number of carbonyl (C=O) groups is 1. The van der Waals surface area contributed by atoms with Crippen LogP contribution in [0.15, 0.2) is 48.8 Å². The van der Waals surface area contributed by atoms with Gasteiger partial charge in [0.25, 0.3) is 0 Å². The van der Waals surface area contributed by atoms with Gasteiger partial charge in [0.15, 0.2) is 0 Å². The number of nitrogens with one attached hydrogen (secondary N) is 1. The standard InChI is InChI=1S/C25H29N5O2/c31-25(20-1-2-20)29-11-9-28(10-12-29)23-7-8-27-30-16-21(13-24(23)30)19-3-5-22(6-4-19)32-17-18-14-26-15-18/h3-8,13,16,18,20,26H,1-2,9-12,14-15,17H2. The first-order chi connectivity index (χ1) is 15.7. The molecule has 4 heterocycles. The molecule has 2 aliphatic heterocycles. The Morgan fingerprint density at radius 1 is 1.03 bits per heavy atom. The molecule has 1 amide bonds. The lowest BCUT2D eigenvalue weighted by molar-refractivity contribution is -0.132. The molecule has 1 aliphatic carbocycles. The molecule has 1 saturated carbocycles. The summed E-state index contributed by atoms with van der Waals surface area (Å²) >= 11 is 0. The average Bonchev–Trinajstić information content (AvgIpc) is 3.56. The Labute approximate surface area is 188 Å². The molecular weight excluding hydrogens is 402 g/mol. The number of rotatable bonds is 6. The summed E-state index contributed by atoms with van der Waals surface area (Å²) in [5.74, 6) is 2.20. The Morgan fingerprint density at radius 3 is 2.50 bits per heavy atom. The van der Waals surface area contributed by atoms with Crippen molar-refractivity contribution in [1.29, 1.82) is 0 Å². The lowest BCUT2D eigenvalue weighted by Gasteiger charge is -2.36. The number of fused-ring (bicyclic) bond motifs is 1. The Hall–Kier alpha value is -3.06. The van der Waals surface area contributed by atoms with Gasteiger partial charge in [-0.25, -0.2) is 4.52 Å². The molecule has 0 radical (unpaired) electrons. The molecule has 1 aromatic carbocycles. The van der Waals surface area contributed by atoms with Crippen LogP contribution in [0.4, 0.5) is 5.69 Å². The van der Waals surface area contributed by atoms with E-state index in [1.165, 1.54) is 5.69 Å². The number of nitrogens with zero attached hydrogens (tertiary/aromatic N) is 4. The number of piperazine rings is 1. The maximum Gasteiger partial charge on any atom is 0.225 e. The third-order valence-corrected chi connectivity index (χ3v) is 6.88. The number of anilines is 1. The minimum absolute atomic E-state index is 0.300. The van der Waals surface area contributed by atoms with Crippen LogP contribution in [0, 0.1) is 11.8 Å². The van der Waals surface area contributed by atoms with Crippen molar-refractivity contribution in [3.05, 3.63) is 48.8 Å². The summed E-state index contributed by atoms with van der Waals surface area (Å²) in [4.78, 5) is 16.8. The summed E-state index contributed by atoms with van der Waals surface area (Å²) in [6, 6.07) is 12.6. The van der Waals surface area contributed by atoms with Gasteiger partial charge in [-0.1, -0.05) is 12.1 Å². The van der Waals surface area contributed by atoms with Crippen LogP contribution < -0.4 is 15.0 Å². The highest BCUT2D eigenvalue weighted by molar-refractivity contribution is 5.82. The first kappa shape index (κ1) is 19.6. The minimum Gasteiger partial charge on any atom is -0.493 e. The van der Waals surface area contributed by atoms with E-state index in [2.05, 4.69) is 45.8 Å². The van der Waals surface area contributed by atoms with Crippen LogP contribution in [0.2, 0.25) is 0 Å². The van der Waals surface area contributed by atoms with Gasteiger partial charge >= 0.3 is 0 Å². The highest BCUT2D eigenvalue weighted by atomic mass is 16.5. The predicted octanol–water partition coefficient (Wildman–Crippen LogP) is 2.66. The molecule has 0 bridgehead atoms. The Balaban J connectivity index is 1.17. The van der Waals surface area contributed by atoms with Crippen LogP contribution in [0.5, 0.6) is 5.75 Å². The van der Waals surface area contributed by atoms with Gasteiger partial charge in [-0.15, -0.1) is 0 Å². The van der Waals surface area contributed by atoms with E-state index in [0.29, 0.717) is 17.7 Å². The first-order valence-electron chi connectivity index (χ1n) is 11.7. The SMILES string of the molecule is O=C(C1CC1)N1CCN(c2ccnn3cc(-c4ccc(OCC5CNC5)cc4)cc23)CC1. The van der Waals surface area contributed by atoms with Gasteiger partial charge in [0.05, 0.1) is 17.8 Å². The topological polar surface area (TPSA) is 62.1 Å². The first-order valence-corrected chi connectivity index (χ1v) is 11.7. The van der Waals surface area contributed by atoms with Crippen molar-refractivity contribution in [3.63, 3.8) is 0 Å². The smallest absolute Gasteiger partial charge is 0.225 e. The molecule has 2 aromatic heterocycles. The zero-order valence-corrected chi connectivity index (χ0v) is 18.2. The molecule has 0 atom stereocenters. The van der Waals surface area contributed by atoms with Crippen molar-refractivity contribution in [2.75, 3.05) is 50.8 Å². The fourth-order valence-corrected chi connectivity index (χ4v) is 4.61. The van der Waals surface area contributed by atoms with E-state index in [1.54, 1.807) is 0 Å². The normalized spacial score (nSPS) is 19.2. The van der Waals surface area contributed by atoms with Crippen LogP contribution in [-0.2, 0) is 4.79 Å². The summed E-state index contributed by atoms with van der Waals surface area (Å²) in [6.45, 7) is 6.20. The molecule has 3 fully saturated rings. The minimum atomic E-state index is 0.300. The summed E-state index contributed by atoms with van der Waals surface area (Å²) in [6.07, 6.45) is 6.09. The number of aromatic nitrogens is 2. The Morgan fingerprint density at radius 2 is 1.81 bits per heavy atom. The average molecular weight is 432 g/mol. The number of ether oxygens (including phenoxy) is 1. The lowest BCUT2D eigenvalue weighted by Crippen LogP contribution is -2.49. The monoisotopic (exact) mass is 431 g/mol. The van der Waals surface area contributed by atoms with Gasteiger partial charge in [0.1, 0.15) is 5.75 Å². The van der Waals surface area contributed by atoms with Gasteiger partial charge < -0.3 is 19.9 Å². The van der Waals surface area contributed by atoms with Crippen molar-refractivity contribution < 1.29 is 9.53 Å². The van der Waals surface area contributed by atoms with E-state index in [4.69, 9.17) is 4.74 Å². The van der Waals surface area contributed by atoms with Crippen LogP contribution in [0.3, 0.4) is 0 Å². The second-order valence-electron chi connectivity index (χ2n) is 9.22. The maximum atomic E-state index is 12.4. The highest BCUT2D eigenvalue weighted by Crippen LogP contribution is 2.33. The van der Waals surface area contributed by atoms with Crippen molar-refractivity contribution in [3.8, 4) is 16.9 Å². The van der Waals surface area contributed by atoms with E-state index >= 15 is 0 Å². The van der Waals surface area contributed by atoms with Crippen molar-refractivity contribution in [2.24, 2.45) is 11.8 Å². The van der Waals surface area contributed by atoms with Gasteiger partial charge in [-0.2, -0.15) is 5.10 Å². The zero-order valence-electron chi connectivity index (χ0n) is 18.2. The number of hydrogen-bond acceptors (Lipinski definition) is 5. The summed E-state index contributed by atoms with van der Waals surface area (Å²) in [5, 5.41) is 7.81. The van der Waals surface area contributed by atoms with E-state index < -0.39 is 0 Å². The van der Waals surface area contributed by atoms with Gasteiger partial charge in [0.2, 0.25) is 5.91 Å². The second-order valence-corrected chi connectivity index (χ2v) is 9.22. The quantitative estimate of drug-likeness (QED) is 0.650. The fraction of sp³-hybridized carbons (Fsp3) is 0.440. The molecule has 7 nitrogen and oxygen atoms in total. The highest BCUT2D eigenvalue weighted by Gasteiger charge is 2.34. The molecule has 7 heteroatoms. The molecule has 0 unspecified atom stereocenters.